The smallest absolute Gasteiger partial charge is 0.272 e. The Kier molecular flexibility index (Phi) is 6.18. The number of nitrogens with one attached hydrogen (secondary N) is 1. The topological polar surface area (TPSA) is 59.4 Å². The second kappa shape index (κ2) is 9.40. The number of para-hydroxylation sites is 2. The van der Waals surface area contributed by atoms with Crippen molar-refractivity contribution in [1.82, 2.24) is 20.0 Å². The predicted octanol–water partition coefficient (Wildman–Crippen LogP) is 4.07. The van der Waals surface area contributed by atoms with E-state index < -0.39 is 0 Å². The number of amides is 1. The van der Waals surface area contributed by atoms with Crippen LogP contribution in [-0.2, 0) is 19.4 Å². The molecule has 0 radical (unpaired) electrons. The van der Waals surface area contributed by atoms with Crippen molar-refractivity contribution in [3.63, 3.8) is 0 Å². The number of benzene rings is 2. The van der Waals surface area contributed by atoms with E-state index in [0.717, 1.165) is 68.7 Å². The van der Waals surface area contributed by atoms with Crippen LogP contribution in [0, 0.1) is 6.92 Å². The standard InChI is InChI=1S/C27H32N4O2/c1-19-8-3-5-11-23(19)31-24-12-7-10-22(24)26(29-31)27(32)28-21-14-16-30(17-15-21)18-20-9-4-6-13-25(20)33-2/h3-6,8-9,11,13,21H,7,10,12,14-18H2,1-2H3,(H,28,32). The van der Waals surface area contributed by atoms with Crippen LogP contribution in [0.15, 0.2) is 48.5 Å². The zero-order valence-corrected chi connectivity index (χ0v) is 19.5. The van der Waals surface area contributed by atoms with E-state index in [2.05, 4.69) is 41.4 Å². The first kappa shape index (κ1) is 21.7. The lowest BCUT2D eigenvalue weighted by Crippen LogP contribution is -2.44. The van der Waals surface area contributed by atoms with Crippen LogP contribution in [0.5, 0.6) is 5.75 Å². The molecule has 0 bridgehead atoms. The third-order valence-corrected chi connectivity index (χ3v) is 7.00. The van der Waals surface area contributed by atoms with E-state index >= 15 is 0 Å². The molecule has 0 saturated carbocycles. The zero-order chi connectivity index (χ0) is 22.8. The summed E-state index contributed by atoms with van der Waals surface area (Å²) in [5, 5.41) is 8.08. The molecule has 0 spiro atoms. The molecule has 2 heterocycles. The molecule has 6 heteroatoms. The number of nitrogens with zero attached hydrogens (tertiary/aromatic N) is 3. The van der Waals surface area contributed by atoms with Crippen molar-refractivity contribution < 1.29 is 9.53 Å². The molecule has 1 aliphatic carbocycles. The van der Waals surface area contributed by atoms with Gasteiger partial charge in [-0.2, -0.15) is 5.10 Å². The molecular formula is C27H32N4O2. The maximum Gasteiger partial charge on any atom is 0.272 e. The lowest BCUT2D eigenvalue weighted by Gasteiger charge is -2.32. The summed E-state index contributed by atoms with van der Waals surface area (Å²) in [4.78, 5) is 15.7. The number of aromatic nitrogens is 2. The van der Waals surface area contributed by atoms with Crippen molar-refractivity contribution in [1.29, 1.82) is 0 Å². The fourth-order valence-electron chi connectivity index (χ4n) is 5.18. The van der Waals surface area contributed by atoms with Gasteiger partial charge in [-0.1, -0.05) is 36.4 Å². The Hall–Kier alpha value is -3.12. The van der Waals surface area contributed by atoms with Crippen LogP contribution in [0.2, 0.25) is 0 Å². The second-order valence-electron chi connectivity index (χ2n) is 9.16. The van der Waals surface area contributed by atoms with Crippen LogP contribution in [0.1, 0.15) is 52.1 Å². The number of carbonyl (C=O) groups excluding carboxylic acids is 1. The Morgan fingerprint density at radius 1 is 1.09 bits per heavy atom. The Bertz CT molecular complexity index is 1140. The molecule has 5 rings (SSSR count). The van der Waals surface area contributed by atoms with Gasteiger partial charge in [0.15, 0.2) is 5.69 Å². The SMILES string of the molecule is COc1ccccc1CN1CCC(NC(=O)c2nn(-c3ccccc3C)c3c2CCC3)CC1. The highest BCUT2D eigenvalue weighted by atomic mass is 16.5. The number of carbonyl (C=O) groups is 1. The van der Waals surface area contributed by atoms with Crippen LogP contribution < -0.4 is 10.1 Å². The van der Waals surface area contributed by atoms with Crippen molar-refractivity contribution in [2.75, 3.05) is 20.2 Å². The molecule has 1 saturated heterocycles. The van der Waals surface area contributed by atoms with E-state index in [1.807, 2.05) is 28.9 Å². The highest BCUT2D eigenvalue weighted by Gasteiger charge is 2.29. The summed E-state index contributed by atoms with van der Waals surface area (Å²) >= 11 is 0. The Labute approximate surface area is 195 Å². The fraction of sp³-hybridized carbons (Fsp3) is 0.407. The van der Waals surface area contributed by atoms with Crippen LogP contribution in [0.4, 0.5) is 0 Å². The fourth-order valence-corrected chi connectivity index (χ4v) is 5.18. The van der Waals surface area contributed by atoms with Gasteiger partial charge in [0.25, 0.3) is 5.91 Å². The number of hydrogen-bond acceptors (Lipinski definition) is 4. The second-order valence-corrected chi connectivity index (χ2v) is 9.16. The number of likely N-dealkylation sites (tertiary alicyclic amines) is 1. The number of aryl methyl sites for hydroxylation is 1. The van der Waals surface area contributed by atoms with Gasteiger partial charge in [0.2, 0.25) is 0 Å². The van der Waals surface area contributed by atoms with Gasteiger partial charge in [-0.25, -0.2) is 4.68 Å². The molecule has 0 unspecified atom stereocenters. The molecule has 3 aromatic rings. The minimum absolute atomic E-state index is 0.0244. The third-order valence-electron chi connectivity index (χ3n) is 7.00. The minimum Gasteiger partial charge on any atom is -0.496 e. The van der Waals surface area contributed by atoms with Gasteiger partial charge in [0.1, 0.15) is 5.75 Å². The van der Waals surface area contributed by atoms with Crippen LogP contribution in [0.25, 0.3) is 5.69 Å². The van der Waals surface area contributed by atoms with Crippen molar-refractivity contribution in [2.45, 2.75) is 51.6 Å². The van der Waals surface area contributed by atoms with Crippen molar-refractivity contribution in [2.24, 2.45) is 0 Å². The molecule has 2 aliphatic rings. The molecule has 33 heavy (non-hydrogen) atoms. The lowest BCUT2D eigenvalue weighted by molar-refractivity contribution is 0.0902. The van der Waals surface area contributed by atoms with E-state index in [9.17, 15) is 4.79 Å². The van der Waals surface area contributed by atoms with Gasteiger partial charge < -0.3 is 10.1 Å². The van der Waals surface area contributed by atoms with Crippen LogP contribution in [0.3, 0.4) is 0 Å². The highest BCUT2D eigenvalue weighted by molar-refractivity contribution is 5.94. The normalized spacial score (nSPS) is 16.5. The molecule has 0 atom stereocenters. The molecule has 1 amide bonds. The van der Waals surface area contributed by atoms with Crippen molar-refractivity contribution in [3.05, 3.63) is 76.6 Å². The number of piperidine rings is 1. The van der Waals surface area contributed by atoms with Gasteiger partial charge in [0.05, 0.1) is 12.8 Å². The highest BCUT2D eigenvalue weighted by Crippen LogP contribution is 2.29. The lowest BCUT2D eigenvalue weighted by atomic mass is 10.0. The number of ether oxygens (including phenoxy) is 1. The minimum atomic E-state index is -0.0244. The molecular weight excluding hydrogens is 412 g/mol. The summed E-state index contributed by atoms with van der Waals surface area (Å²) < 4.78 is 7.50. The molecule has 1 N–H and O–H groups in total. The van der Waals surface area contributed by atoms with Crippen LogP contribution in [-0.4, -0.2) is 46.8 Å². The van der Waals surface area contributed by atoms with Gasteiger partial charge in [-0.3, -0.25) is 9.69 Å². The number of hydrogen-bond donors (Lipinski definition) is 1. The third kappa shape index (κ3) is 4.40. The average Bonchev–Trinajstić information content (AvgIpc) is 3.44. The largest absolute Gasteiger partial charge is 0.496 e. The first-order valence-corrected chi connectivity index (χ1v) is 12.0. The Morgan fingerprint density at radius 3 is 2.64 bits per heavy atom. The monoisotopic (exact) mass is 444 g/mol. The van der Waals surface area contributed by atoms with E-state index in [0.29, 0.717) is 5.69 Å². The Balaban J connectivity index is 1.24. The van der Waals surface area contributed by atoms with Gasteiger partial charge in [-0.05, 0) is 56.7 Å². The van der Waals surface area contributed by atoms with Gasteiger partial charge in [-0.15, -0.1) is 0 Å². The molecule has 172 valence electrons. The van der Waals surface area contributed by atoms with Crippen molar-refractivity contribution in [3.8, 4) is 11.4 Å². The number of fused-ring (bicyclic) bond motifs is 1. The molecule has 2 aromatic carbocycles. The molecule has 1 aliphatic heterocycles. The quantitative estimate of drug-likeness (QED) is 0.623. The van der Waals surface area contributed by atoms with E-state index in [1.165, 1.54) is 16.8 Å². The average molecular weight is 445 g/mol. The van der Waals surface area contributed by atoms with Crippen molar-refractivity contribution >= 4 is 5.91 Å². The summed E-state index contributed by atoms with van der Waals surface area (Å²) in [6.07, 6.45) is 4.89. The van der Waals surface area contributed by atoms with E-state index in [1.54, 1.807) is 7.11 Å². The maximum atomic E-state index is 13.2. The summed E-state index contributed by atoms with van der Waals surface area (Å²) in [6, 6.07) is 16.6. The molecule has 1 fully saturated rings. The first-order chi connectivity index (χ1) is 16.1. The summed E-state index contributed by atoms with van der Waals surface area (Å²) in [5.41, 5.74) is 6.39. The predicted molar refractivity (Wildman–Crippen MR) is 129 cm³/mol. The van der Waals surface area contributed by atoms with E-state index in [-0.39, 0.29) is 11.9 Å². The number of methoxy groups -OCH3 is 1. The van der Waals surface area contributed by atoms with E-state index in [4.69, 9.17) is 9.84 Å². The number of rotatable bonds is 6. The first-order valence-electron chi connectivity index (χ1n) is 12.0. The maximum absolute atomic E-state index is 13.2. The summed E-state index contributed by atoms with van der Waals surface area (Å²) in [5.74, 6) is 0.912. The van der Waals surface area contributed by atoms with Crippen LogP contribution >= 0.6 is 0 Å². The zero-order valence-electron chi connectivity index (χ0n) is 19.5. The van der Waals surface area contributed by atoms with Gasteiger partial charge >= 0.3 is 0 Å². The summed E-state index contributed by atoms with van der Waals surface area (Å²) in [7, 11) is 1.72. The molecule has 1 aromatic heterocycles. The summed E-state index contributed by atoms with van der Waals surface area (Å²) in [6.45, 7) is 4.88. The Morgan fingerprint density at radius 2 is 1.85 bits per heavy atom. The van der Waals surface area contributed by atoms with Gasteiger partial charge in [0, 0.05) is 42.5 Å². The molecule has 6 nitrogen and oxygen atoms in total.